The number of hydrogen-bond donors (Lipinski definition) is 0. The molecule has 0 bridgehead atoms. The molecule has 6 rings (SSSR count). The maximum atomic E-state index is 11.9. The van der Waals surface area contributed by atoms with Gasteiger partial charge in [0.2, 0.25) is 0 Å². The number of halogens is 3. The van der Waals surface area contributed by atoms with E-state index in [2.05, 4.69) is 54.2 Å². The fourth-order valence-electron chi connectivity index (χ4n) is 4.88. The second-order valence-electron chi connectivity index (χ2n) is 8.23. The van der Waals surface area contributed by atoms with E-state index in [1.807, 2.05) is 0 Å². The molecule has 3 aliphatic rings. The number of nitrogens with one attached hydrogen (secondary N) is 1. The fraction of sp³-hybridized carbons (Fsp3) is 0.333. The Morgan fingerprint density at radius 2 is 1.65 bits per heavy atom. The third-order valence-electron chi connectivity index (χ3n) is 6.72. The Balaban J connectivity index is 0.000000168. The van der Waals surface area contributed by atoms with Crippen LogP contribution in [-0.2, 0) is 38.9 Å². The van der Waals surface area contributed by atoms with E-state index in [-0.39, 0.29) is 38.4 Å². The minimum Gasteiger partial charge on any atom is -0.699 e. The van der Waals surface area contributed by atoms with Gasteiger partial charge in [-0.1, -0.05) is 79.9 Å². The summed E-state index contributed by atoms with van der Waals surface area (Å²) in [5, 5.41) is 8.39. The van der Waals surface area contributed by atoms with Crippen molar-refractivity contribution in [3.8, 4) is 0 Å². The van der Waals surface area contributed by atoms with Gasteiger partial charge < -0.3 is 11.1 Å². The van der Waals surface area contributed by atoms with E-state index in [1.54, 1.807) is 0 Å². The van der Waals surface area contributed by atoms with Gasteiger partial charge in [0.25, 0.3) is 0 Å². The molecule has 7 heteroatoms. The molecule has 1 N–H and O–H groups in total. The van der Waals surface area contributed by atoms with E-state index in [0.717, 1.165) is 41.6 Å². The number of benzene rings is 3. The predicted molar refractivity (Wildman–Crippen MR) is 116 cm³/mol. The van der Waals surface area contributed by atoms with Crippen molar-refractivity contribution >= 4 is 28.2 Å². The average Bonchev–Trinajstić information content (AvgIpc) is 2.69. The summed E-state index contributed by atoms with van der Waals surface area (Å²) in [7, 11) is 0. The minimum atomic E-state index is -4.30. The number of nitrogens with zero attached hydrogens (tertiary/aromatic N) is 1. The summed E-state index contributed by atoms with van der Waals surface area (Å²) in [6, 6.07) is 20.9. The zero-order chi connectivity index (χ0) is 20.9. The Morgan fingerprint density at radius 3 is 2.26 bits per heavy atom. The molecule has 1 aliphatic heterocycles. The van der Waals surface area contributed by atoms with Crippen molar-refractivity contribution in [2.24, 2.45) is 5.41 Å². The second kappa shape index (κ2) is 8.70. The summed E-state index contributed by atoms with van der Waals surface area (Å²) >= 11 is 2.12. The van der Waals surface area contributed by atoms with Gasteiger partial charge in [0.05, 0.1) is 5.56 Å². The van der Waals surface area contributed by atoms with Crippen LogP contribution >= 0.6 is 11.8 Å². The average molecular weight is 515 g/mol. The summed E-state index contributed by atoms with van der Waals surface area (Å²) in [6.45, 7) is 0. The van der Waals surface area contributed by atoms with E-state index in [9.17, 15) is 13.2 Å². The third-order valence-corrected chi connectivity index (χ3v) is 8.25. The largest absolute Gasteiger partial charge is 0.699 e. The van der Waals surface area contributed by atoms with E-state index >= 15 is 0 Å². The molecule has 2 nitrogen and oxygen atoms in total. The molecule has 0 amide bonds. The van der Waals surface area contributed by atoms with Gasteiger partial charge in [-0.05, 0) is 22.3 Å². The topological polar surface area (TPSA) is 37.9 Å². The van der Waals surface area contributed by atoms with Crippen LogP contribution in [-0.4, -0.2) is 17.3 Å². The Bertz CT molecular complexity index is 1060. The zero-order valence-corrected chi connectivity index (χ0v) is 20.4. The van der Waals surface area contributed by atoms with Crippen LogP contribution in [0.1, 0.15) is 24.8 Å². The van der Waals surface area contributed by atoms with Crippen molar-refractivity contribution in [3.05, 3.63) is 83.3 Å². The van der Waals surface area contributed by atoms with Crippen LogP contribution in [0.5, 0.6) is 0 Å². The predicted octanol–water partition coefficient (Wildman–Crippen LogP) is 8.00. The number of alkyl halides is 3. The summed E-state index contributed by atoms with van der Waals surface area (Å²) in [5.41, 5.74) is 6.92. The molecule has 4 atom stereocenters. The molecule has 3 unspecified atom stereocenters. The van der Waals surface area contributed by atoms with Crippen LogP contribution in [0.15, 0.2) is 71.6 Å². The first kappa shape index (κ1) is 23.1. The standard InChI is InChI=1S/C17H16NS.C7H5F3N.Y/c1-2-6-12-11(4-1)5-3-7-13(12)19-16-10-15-17(16)9-8-14(17)18-15;8-7(9,10)5-1-3-6(11)4-2-5;/h1-7,14-16H,8-10H2;1-4,11H;/q2*-1;/t14?,15?,16-,17?;;/m0../s1. The molecule has 0 aromatic heterocycles. The zero-order valence-electron chi connectivity index (χ0n) is 16.8. The molecule has 2 saturated carbocycles. The maximum absolute atomic E-state index is 11.9. The van der Waals surface area contributed by atoms with Gasteiger partial charge in [-0.2, -0.15) is 13.2 Å². The SMILES string of the molecule is [NH-]c1ccc(C(F)(F)F)cc1.[Y].c1ccc2c(S[C@H]3CC4[N-]C5CCC543)cccc2c1. The van der Waals surface area contributed by atoms with Crippen molar-refractivity contribution in [3.63, 3.8) is 0 Å². The number of hydrogen-bond acceptors (Lipinski definition) is 1. The Kier molecular flexibility index (Phi) is 6.48. The van der Waals surface area contributed by atoms with Gasteiger partial charge in [-0.3, -0.25) is 0 Å². The molecule has 1 heterocycles. The molecule has 3 aromatic rings. The van der Waals surface area contributed by atoms with Crippen LogP contribution in [0.4, 0.5) is 18.9 Å². The minimum absolute atomic E-state index is 0. The first-order valence-electron chi connectivity index (χ1n) is 10.1. The molecule has 3 fully saturated rings. The van der Waals surface area contributed by atoms with Crippen molar-refractivity contribution < 1.29 is 45.9 Å². The van der Waals surface area contributed by atoms with Crippen molar-refractivity contribution in [1.82, 2.24) is 0 Å². The molecule has 3 aromatic carbocycles. The number of rotatable bonds is 2. The monoisotopic (exact) mass is 515 g/mol. The molecule has 159 valence electrons. The number of fused-ring (bicyclic) bond motifs is 1. The summed E-state index contributed by atoms with van der Waals surface area (Å²) in [6.07, 6.45) is -0.213. The van der Waals surface area contributed by atoms with Crippen LogP contribution in [0.25, 0.3) is 21.8 Å². The number of piperidine rings is 2. The smallest absolute Gasteiger partial charge is 0.416 e. The summed E-state index contributed by atoms with van der Waals surface area (Å²) < 4.78 is 35.6. The quantitative estimate of drug-likeness (QED) is 0.341. The first-order valence-corrected chi connectivity index (χ1v) is 11.0. The Morgan fingerprint density at radius 1 is 0.935 bits per heavy atom. The van der Waals surface area contributed by atoms with Gasteiger partial charge in [-0.25, -0.2) is 0 Å². The van der Waals surface area contributed by atoms with Crippen LogP contribution < -0.4 is 0 Å². The van der Waals surface area contributed by atoms with Gasteiger partial charge in [0.1, 0.15) is 0 Å². The van der Waals surface area contributed by atoms with Crippen LogP contribution in [0, 0.1) is 5.41 Å². The third kappa shape index (κ3) is 4.05. The molecular weight excluding hydrogens is 494 g/mol. The fourth-order valence-corrected chi connectivity index (χ4v) is 6.59. The Labute approximate surface area is 209 Å². The first-order chi connectivity index (χ1) is 14.4. The van der Waals surface area contributed by atoms with Crippen LogP contribution in [0.3, 0.4) is 0 Å². The van der Waals surface area contributed by atoms with Gasteiger partial charge in [-0.15, -0.1) is 29.5 Å². The number of thioether (sulfide) groups is 1. The molecule has 1 radical (unpaired) electrons. The van der Waals surface area contributed by atoms with Crippen LogP contribution in [0.2, 0.25) is 0 Å². The summed E-state index contributed by atoms with van der Waals surface area (Å²) in [4.78, 5) is 1.47. The normalized spacial score (nSPS) is 27.8. The van der Waals surface area contributed by atoms with E-state index in [4.69, 9.17) is 11.1 Å². The van der Waals surface area contributed by atoms with Crippen molar-refractivity contribution in [2.75, 3.05) is 0 Å². The van der Waals surface area contributed by atoms with Crippen molar-refractivity contribution in [1.29, 1.82) is 0 Å². The molecule has 31 heavy (non-hydrogen) atoms. The maximum Gasteiger partial charge on any atom is 0.416 e. The van der Waals surface area contributed by atoms with E-state index < -0.39 is 11.7 Å². The molecule has 1 saturated heterocycles. The molecular formula is C24H21F3N2SY-2. The van der Waals surface area contributed by atoms with Gasteiger partial charge in [0, 0.05) is 42.9 Å². The van der Waals surface area contributed by atoms with E-state index in [1.165, 1.54) is 34.9 Å². The van der Waals surface area contributed by atoms with E-state index in [0.29, 0.717) is 5.41 Å². The van der Waals surface area contributed by atoms with Crippen molar-refractivity contribution in [2.45, 2.75) is 47.7 Å². The second-order valence-corrected chi connectivity index (χ2v) is 9.47. The molecule has 2 aliphatic carbocycles. The van der Waals surface area contributed by atoms with Gasteiger partial charge in [0.15, 0.2) is 0 Å². The Hall–Kier alpha value is -1.08. The van der Waals surface area contributed by atoms with Gasteiger partial charge >= 0.3 is 6.18 Å². The molecule has 1 spiro atoms. The summed E-state index contributed by atoms with van der Waals surface area (Å²) in [5.74, 6) is 0.